The van der Waals surface area contributed by atoms with Gasteiger partial charge < -0.3 is 10.1 Å². The second-order valence-electron chi connectivity index (χ2n) is 4.41. The molecule has 0 saturated carbocycles. The Morgan fingerprint density at radius 2 is 2.31 bits per heavy atom. The Hall–Kier alpha value is -0.870. The van der Waals surface area contributed by atoms with E-state index in [2.05, 4.69) is 21.6 Å². The summed E-state index contributed by atoms with van der Waals surface area (Å²) in [5.74, 6) is 0.600. The number of aromatic amines is 1. The molecule has 0 unspecified atom stereocenters. The lowest BCUT2D eigenvalue weighted by atomic mass is 9.96. The zero-order valence-electron chi connectivity index (χ0n) is 9.96. The van der Waals surface area contributed by atoms with Crippen LogP contribution in [-0.4, -0.2) is 37.0 Å². The van der Waals surface area contributed by atoms with Crippen LogP contribution in [0.4, 0.5) is 0 Å². The summed E-state index contributed by atoms with van der Waals surface area (Å²) in [6.07, 6.45) is 4.46. The number of aryl methyl sites for hydroxylation is 1. The van der Waals surface area contributed by atoms with Crippen molar-refractivity contribution in [2.45, 2.75) is 31.6 Å². The van der Waals surface area contributed by atoms with Gasteiger partial charge in [0.05, 0.1) is 5.69 Å². The van der Waals surface area contributed by atoms with E-state index >= 15 is 0 Å². The van der Waals surface area contributed by atoms with Crippen molar-refractivity contribution < 1.29 is 4.74 Å². The number of ether oxygens (including phenoxy) is 1. The summed E-state index contributed by atoms with van der Waals surface area (Å²) in [5.41, 5.74) is 2.49. The van der Waals surface area contributed by atoms with Crippen LogP contribution >= 0.6 is 0 Å². The van der Waals surface area contributed by atoms with E-state index in [-0.39, 0.29) is 0 Å². The number of aromatic nitrogens is 2. The molecule has 0 spiro atoms. The van der Waals surface area contributed by atoms with Gasteiger partial charge in [0.2, 0.25) is 0 Å². The Labute approximate surface area is 96.8 Å². The van der Waals surface area contributed by atoms with Crippen LogP contribution in [-0.2, 0) is 11.2 Å². The first-order valence-corrected chi connectivity index (χ1v) is 6.16. The summed E-state index contributed by atoms with van der Waals surface area (Å²) in [5, 5.41) is 10.7. The van der Waals surface area contributed by atoms with Crippen molar-refractivity contribution in [3.05, 3.63) is 17.5 Å². The molecule has 1 fully saturated rings. The van der Waals surface area contributed by atoms with Crippen LogP contribution in [0.3, 0.4) is 0 Å². The molecule has 1 aliphatic heterocycles. The molecule has 1 aliphatic rings. The highest BCUT2D eigenvalue weighted by Gasteiger charge is 2.18. The van der Waals surface area contributed by atoms with Gasteiger partial charge in [-0.25, -0.2) is 0 Å². The topological polar surface area (TPSA) is 49.9 Å². The SMILES string of the molecule is CNCCCc1cc(C2CCOCC2)n[nH]1. The highest BCUT2D eigenvalue weighted by atomic mass is 16.5. The minimum atomic E-state index is 0.600. The molecule has 0 amide bonds. The Balaban J connectivity index is 1.85. The smallest absolute Gasteiger partial charge is 0.0657 e. The molecular weight excluding hydrogens is 202 g/mol. The van der Waals surface area contributed by atoms with Gasteiger partial charge in [-0.2, -0.15) is 5.10 Å². The fraction of sp³-hybridized carbons (Fsp3) is 0.750. The lowest BCUT2D eigenvalue weighted by Gasteiger charge is -2.19. The average Bonchev–Trinajstić information content (AvgIpc) is 2.79. The van der Waals surface area contributed by atoms with E-state index in [1.54, 1.807) is 0 Å². The molecule has 2 N–H and O–H groups in total. The van der Waals surface area contributed by atoms with E-state index in [0.29, 0.717) is 5.92 Å². The predicted molar refractivity (Wildman–Crippen MR) is 63.6 cm³/mol. The van der Waals surface area contributed by atoms with Gasteiger partial charge in [0.25, 0.3) is 0 Å². The van der Waals surface area contributed by atoms with Crippen molar-refractivity contribution in [2.24, 2.45) is 0 Å². The molecule has 1 saturated heterocycles. The van der Waals surface area contributed by atoms with Gasteiger partial charge in [-0.05, 0) is 45.3 Å². The van der Waals surface area contributed by atoms with Crippen molar-refractivity contribution in [1.29, 1.82) is 0 Å². The molecule has 1 aromatic rings. The summed E-state index contributed by atoms with van der Waals surface area (Å²) in [6, 6.07) is 2.23. The third-order valence-electron chi connectivity index (χ3n) is 3.16. The van der Waals surface area contributed by atoms with Crippen LogP contribution in [0.2, 0.25) is 0 Å². The maximum atomic E-state index is 5.36. The molecule has 0 radical (unpaired) electrons. The Morgan fingerprint density at radius 1 is 1.50 bits per heavy atom. The van der Waals surface area contributed by atoms with E-state index in [1.807, 2.05) is 7.05 Å². The van der Waals surface area contributed by atoms with Crippen LogP contribution in [0.25, 0.3) is 0 Å². The Kier molecular flexibility index (Phi) is 4.36. The lowest BCUT2D eigenvalue weighted by Crippen LogP contribution is -2.14. The van der Waals surface area contributed by atoms with Gasteiger partial charge in [0, 0.05) is 24.8 Å². The van der Waals surface area contributed by atoms with Gasteiger partial charge in [0.1, 0.15) is 0 Å². The minimum absolute atomic E-state index is 0.600. The number of hydrogen-bond donors (Lipinski definition) is 2. The Bertz CT molecular complexity index is 305. The van der Waals surface area contributed by atoms with Crippen LogP contribution in [0.1, 0.15) is 36.6 Å². The van der Waals surface area contributed by atoms with Crippen molar-refractivity contribution in [3.63, 3.8) is 0 Å². The molecule has 2 rings (SSSR count). The summed E-state index contributed by atoms with van der Waals surface area (Å²) >= 11 is 0. The molecule has 0 aliphatic carbocycles. The van der Waals surface area contributed by atoms with Crippen molar-refractivity contribution in [1.82, 2.24) is 15.5 Å². The number of nitrogens with one attached hydrogen (secondary N) is 2. The third kappa shape index (κ3) is 3.06. The zero-order valence-corrected chi connectivity index (χ0v) is 9.96. The van der Waals surface area contributed by atoms with Gasteiger partial charge in [-0.1, -0.05) is 0 Å². The van der Waals surface area contributed by atoms with Crippen LogP contribution < -0.4 is 5.32 Å². The minimum Gasteiger partial charge on any atom is -0.381 e. The first-order chi connectivity index (χ1) is 7.90. The van der Waals surface area contributed by atoms with E-state index in [9.17, 15) is 0 Å². The molecular formula is C12H21N3O. The highest BCUT2D eigenvalue weighted by molar-refractivity contribution is 5.13. The number of nitrogens with zero attached hydrogens (tertiary/aromatic N) is 1. The standard InChI is InChI=1S/C12H21N3O/c1-13-6-2-3-11-9-12(15-14-11)10-4-7-16-8-5-10/h9-10,13H,2-8H2,1H3,(H,14,15). The molecule has 4 heteroatoms. The number of rotatable bonds is 5. The van der Waals surface area contributed by atoms with Crippen molar-refractivity contribution in [2.75, 3.05) is 26.8 Å². The summed E-state index contributed by atoms with van der Waals surface area (Å²) < 4.78 is 5.36. The normalized spacial score (nSPS) is 17.8. The van der Waals surface area contributed by atoms with Crippen molar-refractivity contribution in [3.8, 4) is 0 Å². The molecule has 0 aromatic carbocycles. The fourth-order valence-electron chi connectivity index (χ4n) is 2.17. The van der Waals surface area contributed by atoms with Crippen molar-refractivity contribution >= 4 is 0 Å². The number of hydrogen-bond acceptors (Lipinski definition) is 3. The van der Waals surface area contributed by atoms with E-state index in [4.69, 9.17) is 4.74 Å². The Morgan fingerprint density at radius 3 is 3.06 bits per heavy atom. The maximum Gasteiger partial charge on any atom is 0.0657 e. The van der Waals surface area contributed by atoms with E-state index < -0.39 is 0 Å². The van der Waals surface area contributed by atoms with Gasteiger partial charge in [-0.3, -0.25) is 5.10 Å². The molecule has 0 bridgehead atoms. The largest absolute Gasteiger partial charge is 0.381 e. The van der Waals surface area contributed by atoms with Crippen LogP contribution in [0.15, 0.2) is 6.07 Å². The van der Waals surface area contributed by atoms with E-state index in [1.165, 1.54) is 11.4 Å². The monoisotopic (exact) mass is 223 g/mol. The highest BCUT2D eigenvalue weighted by Crippen LogP contribution is 2.25. The predicted octanol–water partition coefficient (Wildman–Crippen LogP) is 1.46. The summed E-state index contributed by atoms with van der Waals surface area (Å²) in [6.45, 7) is 2.82. The molecule has 90 valence electrons. The molecule has 1 aromatic heterocycles. The second-order valence-corrected chi connectivity index (χ2v) is 4.41. The molecule has 4 nitrogen and oxygen atoms in total. The lowest BCUT2D eigenvalue weighted by molar-refractivity contribution is 0.0845. The zero-order chi connectivity index (χ0) is 11.2. The molecule has 16 heavy (non-hydrogen) atoms. The molecule has 2 heterocycles. The fourth-order valence-corrected chi connectivity index (χ4v) is 2.17. The van der Waals surface area contributed by atoms with Crippen LogP contribution in [0, 0.1) is 0 Å². The summed E-state index contributed by atoms with van der Waals surface area (Å²) in [7, 11) is 1.99. The summed E-state index contributed by atoms with van der Waals surface area (Å²) in [4.78, 5) is 0. The maximum absolute atomic E-state index is 5.36. The number of H-pyrrole nitrogens is 1. The van der Waals surface area contributed by atoms with Crippen LogP contribution in [0.5, 0.6) is 0 Å². The average molecular weight is 223 g/mol. The quantitative estimate of drug-likeness (QED) is 0.743. The van der Waals surface area contributed by atoms with Gasteiger partial charge >= 0.3 is 0 Å². The van der Waals surface area contributed by atoms with Gasteiger partial charge in [-0.15, -0.1) is 0 Å². The first kappa shape index (κ1) is 11.6. The first-order valence-electron chi connectivity index (χ1n) is 6.16. The van der Waals surface area contributed by atoms with E-state index in [0.717, 1.165) is 45.4 Å². The third-order valence-corrected chi connectivity index (χ3v) is 3.16. The molecule has 0 atom stereocenters. The second kappa shape index (κ2) is 6.01. The van der Waals surface area contributed by atoms with Gasteiger partial charge in [0.15, 0.2) is 0 Å².